The number of aliphatic hydroxyl groups is 1. The van der Waals surface area contributed by atoms with Gasteiger partial charge in [0.15, 0.2) is 37.0 Å². The van der Waals surface area contributed by atoms with Crippen molar-refractivity contribution in [2.45, 2.75) is 110 Å². The second kappa shape index (κ2) is 16.3. The van der Waals surface area contributed by atoms with Crippen molar-refractivity contribution in [3.05, 3.63) is 0 Å². The third-order valence-electron chi connectivity index (χ3n) is 6.14. The van der Waals surface area contributed by atoms with Crippen LogP contribution >= 0.6 is 0 Å². The van der Waals surface area contributed by atoms with Crippen LogP contribution in [0.2, 0.25) is 0 Å². The summed E-state index contributed by atoms with van der Waals surface area (Å²) in [5.74, 6) is -5.23. The summed E-state index contributed by atoms with van der Waals surface area (Å²) in [4.78, 5) is 83.4. The summed E-state index contributed by atoms with van der Waals surface area (Å²) >= 11 is 0. The number of nitrogens with one attached hydrogen (secondary N) is 2. The van der Waals surface area contributed by atoms with Crippen molar-refractivity contribution in [2.75, 3.05) is 13.2 Å². The normalized spacial score (nSPS) is 31.5. The zero-order chi connectivity index (χ0) is 33.3. The Morgan fingerprint density at radius 3 is 1.41 bits per heavy atom. The molecule has 18 heteroatoms. The first-order valence-electron chi connectivity index (χ1n) is 13.5. The summed E-state index contributed by atoms with van der Waals surface area (Å²) in [6, 6.07) is -2.67. The molecule has 3 N–H and O–H groups in total. The number of esters is 5. The lowest BCUT2D eigenvalue weighted by molar-refractivity contribution is -0.302. The molecular formula is C26H38N2O16. The van der Waals surface area contributed by atoms with Gasteiger partial charge >= 0.3 is 29.8 Å². The van der Waals surface area contributed by atoms with E-state index < -0.39 is 116 Å². The lowest BCUT2D eigenvalue weighted by Crippen LogP contribution is -2.68. The second-order valence-corrected chi connectivity index (χ2v) is 9.99. The third-order valence-corrected chi connectivity index (χ3v) is 6.14. The van der Waals surface area contributed by atoms with Gasteiger partial charge in [0.1, 0.15) is 30.9 Å². The number of carbonyl (C=O) groups is 7. The van der Waals surface area contributed by atoms with Crippen molar-refractivity contribution in [3.63, 3.8) is 0 Å². The maximum absolute atomic E-state index is 12.2. The van der Waals surface area contributed by atoms with E-state index in [0.29, 0.717) is 0 Å². The predicted octanol–water partition coefficient (Wildman–Crippen LogP) is -2.26. The molecule has 0 aromatic heterocycles. The van der Waals surface area contributed by atoms with Gasteiger partial charge in [-0.15, -0.1) is 0 Å². The van der Waals surface area contributed by atoms with Crippen LogP contribution in [0.25, 0.3) is 0 Å². The minimum absolute atomic E-state index is 0.487. The molecule has 10 atom stereocenters. The highest BCUT2D eigenvalue weighted by Gasteiger charge is 2.53. The molecule has 2 fully saturated rings. The predicted molar refractivity (Wildman–Crippen MR) is 140 cm³/mol. The van der Waals surface area contributed by atoms with Gasteiger partial charge in [-0.05, 0) is 0 Å². The Morgan fingerprint density at radius 2 is 0.977 bits per heavy atom. The molecular weight excluding hydrogens is 596 g/mol. The van der Waals surface area contributed by atoms with Gasteiger partial charge in [0.05, 0.1) is 6.61 Å². The van der Waals surface area contributed by atoms with E-state index in [1.807, 2.05) is 0 Å². The van der Waals surface area contributed by atoms with Gasteiger partial charge in [-0.2, -0.15) is 0 Å². The van der Waals surface area contributed by atoms with Crippen LogP contribution in [0.3, 0.4) is 0 Å². The Morgan fingerprint density at radius 1 is 0.568 bits per heavy atom. The van der Waals surface area contributed by atoms with Gasteiger partial charge in [-0.3, -0.25) is 33.6 Å². The van der Waals surface area contributed by atoms with Gasteiger partial charge in [0.2, 0.25) is 11.8 Å². The van der Waals surface area contributed by atoms with E-state index >= 15 is 0 Å². The largest absolute Gasteiger partial charge is 0.463 e. The van der Waals surface area contributed by atoms with E-state index in [2.05, 4.69) is 10.6 Å². The summed E-state index contributed by atoms with van der Waals surface area (Å²) in [5.41, 5.74) is 0. The fourth-order valence-corrected chi connectivity index (χ4v) is 4.73. The molecule has 2 heterocycles. The van der Waals surface area contributed by atoms with Crippen molar-refractivity contribution in [2.24, 2.45) is 0 Å². The average Bonchev–Trinajstić information content (AvgIpc) is 2.87. The van der Waals surface area contributed by atoms with Gasteiger partial charge < -0.3 is 53.6 Å². The SMILES string of the molecule is CC(=O)N[C@@H]1[C@@H](OC(C)=O)[C@H](OC(C)=O)[C@@H](CO[C@@H]2O[C@H](COC(C)=O)[C@@H](OC(C)=O)[C@H](OC(C)=O)[C@H]2NC(C)=O)O[C@H]1O. The van der Waals surface area contributed by atoms with Crippen LogP contribution in [-0.2, 0) is 71.5 Å². The molecule has 0 aromatic carbocycles. The highest BCUT2D eigenvalue weighted by molar-refractivity contribution is 5.74. The number of amides is 2. The Labute approximate surface area is 252 Å². The lowest BCUT2D eigenvalue weighted by Gasteiger charge is -2.46. The van der Waals surface area contributed by atoms with Crippen LogP contribution < -0.4 is 10.6 Å². The monoisotopic (exact) mass is 634 g/mol. The minimum atomic E-state index is -1.78. The van der Waals surface area contributed by atoms with E-state index in [1.165, 1.54) is 0 Å². The van der Waals surface area contributed by atoms with Gasteiger partial charge in [-0.1, -0.05) is 0 Å². The van der Waals surface area contributed by atoms with Crippen LogP contribution in [0.4, 0.5) is 0 Å². The molecule has 2 aliphatic rings. The van der Waals surface area contributed by atoms with Crippen molar-refractivity contribution in [1.82, 2.24) is 10.6 Å². The van der Waals surface area contributed by atoms with E-state index in [4.69, 9.17) is 37.9 Å². The molecule has 18 nitrogen and oxygen atoms in total. The quantitative estimate of drug-likeness (QED) is 0.161. The Bertz CT molecular complexity index is 1100. The molecule has 0 radical (unpaired) electrons. The molecule has 2 amide bonds. The molecule has 2 rings (SSSR count). The third kappa shape index (κ3) is 10.7. The van der Waals surface area contributed by atoms with Crippen LogP contribution in [0, 0.1) is 0 Å². The van der Waals surface area contributed by atoms with Gasteiger partial charge in [-0.25, -0.2) is 0 Å². The first-order valence-corrected chi connectivity index (χ1v) is 13.5. The summed E-state index contributed by atoms with van der Waals surface area (Å²) in [6.07, 6.45) is -11.6. The standard InChI is InChI=1S/C26H38N2O16/c1-10(29)27-19-23(41-15(6)34)21(39-13(4)32)17(43-25(19)36)9-38-26-20(28-11(2)30)24(42-16(7)35)22(40-14(5)33)18(44-26)8-37-12(3)31/h17-26,36H,8-9H2,1-7H3,(H,27,29)(H,28,30)/t17-,18-,19-,20-,21-,22-,23-,24-,25-,26-/m1/s1. The first-order chi connectivity index (χ1) is 20.5. The second-order valence-electron chi connectivity index (χ2n) is 9.99. The molecule has 44 heavy (non-hydrogen) atoms. The van der Waals surface area contributed by atoms with Gasteiger partial charge in [0.25, 0.3) is 0 Å². The molecule has 2 saturated heterocycles. The number of aliphatic hydroxyl groups excluding tert-OH is 1. The zero-order valence-electron chi connectivity index (χ0n) is 25.3. The smallest absolute Gasteiger partial charge is 0.303 e. The fourth-order valence-electron chi connectivity index (χ4n) is 4.73. The van der Waals surface area contributed by atoms with Crippen molar-refractivity contribution >= 4 is 41.7 Å². The van der Waals surface area contributed by atoms with Crippen LogP contribution in [0.1, 0.15) is 48.5 Å². The van der Waals surface area contributed by atoms with Crippen molar-refractivity contribution in [3.8, 4) is 0 Å². The molecule has 0 saturated carbocycles. The molecule has 0 spiro atoms. The lowest BCUT2D eigenvalue weighted by atomic mass is 9.95. The molecule has 0 unspecified atom stereocenters. The van der Waals surface area contributed by atoms with Crippen molar-refractivity contribution in [1.29, 1.82) is 0 Å². The minimum Gasteiger partial charge on any atom is -0.463 e. The van der Waals surface area contributed by atoms with E-state index in [9.17, 15) is 38.7 Å². The Balaban J connectivity index is 2.48. The van der Waals surface area contributed by atoms with Crippen LogP contribution in [0.5, 0.6) is 0 Å². The van der Waals surface area contributed by atoms with E-state index in [1.54, 1.807) is 0 Å². The van der Waals surface area contributed by atoms with E-state index in [0.717, 1.165) is 48.5 Å². The number of rotatable bonds is 11. The highest BCUT2D eigenvalue weighted by atomic mass is 16.7. The Kier molecular flexibility index (Phi) is 13.4. The average molecular weight is 635 g/mol. The number of ether oxygens (including phenoxy) is 8. The summed E-state index contributed by atoms with van der Waals surface area (Å²) in [5, 5.41) is 15.6. The number of hydrogen-bond donors (Lipinski definition) is 3. The maximum Gasteiger partial charge on any atom is 0.303 e. The fraction of sp³-hybridized carbons (Fsp3) is 0.731. The van der Waals surface area contributed by atoms with Crippen LogP contribution in [0.15, 0.2) is 0 Å². The van der Waals surface area contributed by atoms with Crippen LogP contribution in [-0.4, -0.2) is 121 Å². The topological polar surface area (TPSA) is 238 Å². The van der Waals surface area contributed by atoms with Gasteiger partial charge in [0, 0.05) is 48.5 Å². The van der Waals surface area contributed by atoms with Crippen molar-refractivity contribution < 1.29 is 76.6 Å². The molecule has 0 bridgehead atoms. The maximum atomic E-state index is 12.2. The summed E-state index contributed by atoms with van der Waals surface area (Å²) in [6.45, 7) is 6.64. The highest BCUT2D eigenvalue weighted by Crippen LogP contribution is 2.30. The molecule has 248 valence electrons. The molecule has 0 aliphatic carbocycles. The summed E-state index contributed by atoms with van der Waals surface area (Å²) < 4.78 is 43.8. The van der Waals surface area contributed by atoms with E-state index in [-0.39, 0.29) is 0 Å². The summed E-state index contributed by atoms with van der Waals surface area (Å²) in [7, 11) is 0. The first kappa shape index (κ1) is 36.3. The Hall–Kier alpha value is -3.87. The number of hydrogen-bond acceptors (Lipinski definition) is 16. The molecule has 2 aliphatic heterocycles. The number of carbonyl (C=O) groups excluding carboxylic acids is 7. The zero-order valence-corrected chi connectivity index (χ0v) is 25.3. The molecule has 0 aromatic rings.